The minimum atomic E-state index is -0.140. The van der Waals surface area contributed by atoms with E-state index in [2.05, 4.69) is 22.2 Å². The number of benzene rings is 1. The molecule has 2 rings (SSSR count). The van der Waals surface area contributed by atoms with Crippen LogP contribution in [0.5, 0.6) is 0 Å². The first-order valence-corrected chi connectivity index (χ1v) is 8.04. The quantitative estimate of drug-likeness (QED) is 0.793. The Bertz CT molecular complexity index is 643. The summed E-state index contributed by atoms with van der Waals surface area (Å²) >= 11 is 0. The molecule has 122 valence electrons. The lowest BCUT2D eigenvalue weighted by atomic mass is 10.2. The Morgan fingerprint density at radius 3 is 2.61 bits per heavy atom. The summed E-state index contributed by atoms with van der Waals surface area (Å²) in [6.07, 6.45) is 3.45. The van der Waals surface area contributed by atoms with E-state index in [4.69, 9.17) is 0 Å². The van der Waals surface area contributed by atoms with Crippen molar-refractivity contribution in [3.05, 3.63) is 47.9 Å². The fourth-order valence-electron chi connectivity index (χ4n) is 2.30. The second-order valence-electron chi connectivity index (χ2n) is 5.52. The topological polar surface area (TPSA) is 58.1 Å². The van der Waals surface area contributed by atoms with Crippen LogP contribution in [0.2, 0.25) is 0 Å². The number of hydrogen-bond acceptors (Lipinski definition) is 4. The Hall–Kier alpha value is -2.43. The van der Waals surface area contributed by atoms with Gasteiger partial charge in [0.1, 0.15) is 17.3 Å². The van der Waals surface area contributed by atoms with E-state index in [0.717, 1.165) is 18.7 Å². The number of anilines is 2. The number of carbonyl (C=O) groups is 1. The number of nitrogens with zero attached hydrogens (tertiary/aromatic N) is 3. The van der Waals surface area contributed by atoms with Gasteiger partial charge in [0.05, 0.1) is 0 Å². The fraction of sp³-hybridized carbons (Fsp3) is 0.389. The molecule has 0 radical (unpaired) electrons. The SMILES string of the molecule is CCCCCNc1cc(C(=O)N(C)c2ccccc2)nc(C)n1. The predicted octanol–water partition coefficient (Wildman–Crippen LogP) is 3.66. The standard InChI is InChI=1S/C18H24N4O/c1-4-5-9-12-19-17-13-16(20-14(2)21-17)18(23)22(3)15-10-7-6-8-11-15/h6-8,10-11,13H,4-5,9,12H2,1-3H3,(H,19,20,21). The summed E-state index contributed by atoms with van der Waals surface area (Å²) in [5, 5.41) is 3.27. The van der Waals surface area contributed by atoms with E-state index in [-0.39, 0.29) is 5.91 Å². The van der Waals surface area contributed by atoms with Gasteiger partial charge in [0.25, 0.3) is 5.91 Å². The number of rotatable bonds is 7. The lowest BCUT2D eigenvalue weighted by Gasteiger charge is -2.17. The van der Waals surface area contributed by atoms with Crippen molar-refractivity contribution in [3.63, 3.8) is 0 Å². The zero-order chi connectivity index (χ0) is 16.7. The third-order valence-electron chi connectivity index (χ3n) is 3.59. The van der Waals surface area contributed by atoms with Crippen LogP contribution in [-0.2, 0) is 0 Å². The summed E-state index contributed by atoms with van der Waals surface area (Å²) in [7, 11) is 1.75. The van der Waals surface area contributed by atoms with E-state index in [1.165, 1.54) is 12.8 Å². The molecule has 0 saturated heterocycles. The average Bonchev–Trinajstić information content (AvgIpc) is 2.58. The molecule has 1 N–H and O–H groups in total. The van der Waals surface area contributed by atoms with Crippen LogP contribution in [0.4, 0.5) is 11.5 Å². The van der Waals surface area contributed by atoms with Gasteiger partial charge in [-0.05, 0) is 25.5 Å². The van der Waals surface area contributed by atoms with Crippen LogP contribution in [0.1, 0.15) is 42.5 Å². The van der Waals surface area contributed by atoms with Crippen molar-refractivity contribution >= 4 is 17.4 Å². The lowest BCUT2D eigenvalue weighted by Crippen LogP contribution is -2.27. The van der Waals surface area contributed by atoms with Gasteiger partial charge in [0.15, 0.2) is 0 Å². The number of carbonyl (C=O) groups excluding carboxylic acids is 1. The van der Waals surface area contributed by atoms with Crippen LogP contribution in [0.25, 0.3) is 0 Å². The Kier molecular flexibility index (Phi) is 6.09. The summed E-state index contributed by atoms with van der Waals surface area (Å²) in [4.78, 5) is 22.9. The molecule has 0 bridgehead atoms. The van der Waals surface area contributed by atoms with Gasteiger partial charge in [-0.1, -0.05) is 38.0 Å². The summed E-state index contributed by atoms with van der Waals surface area (Å²) in [5.74, 6) is 1.16. The molecule has 1 amide bonds. The minimum Gasteiger partial charge on any atom is -0.370 e. The van der Waals surface area contributed by atoms with Gasteiger partial charge in [-0.3, -0.25) is 4.79 Å². The van der Waals surface area contributed by atoms with E-state index in [9.17, 15) is 4.79 Å². The first kappa shape index (κ1) is 16.9. The van der Waals surface area contributed by atoms with Gasteiger partial charge < -0.3 is 10.2 Å². The fourth-order valence-corrected chi connectivity index (χ4v) is 2.30. The molecule has 0 unspecified atom stereocenters. The number of unbranched alkanes of at least 4 members (excludes halogenated alkanes) is 2. The molecule has 5 heteroatoms. The van der Waals surface area contributed by atoms with Crippen LogP contribution in [0.3, 0.4) is 0 Å². The minimum absolute atomic E-state index is 0.140. The Labute approximate surface area is 137 Å². The first-order valence-electron chi connectivity index (χ1n) is 8.04. The second-order valence-corrected chi connectivity index (χ2v) is 5.52. The zero-order valence-corrected chi connectivity index (χ0v) is 14.0. The highest BCUT2D eigenvalue weighted by Crippen LogP contribution is 2.15. The molecule has 1 aromatic carbocycles. The number of amides is 1. The van der Waals surface area contributed by atoms with Crippen molar-refractivity contribution < 1.29 is 4.79 Å². The molecule has 0 saturated carbocycles. The van der Waals surface area contributed by atoms with Crippen LogP contribution in [-0.4, -0.2) is 29.5 Å². The summed E-state index contributed by atoms with van der Waals surface area (Å²) in [6, 6.07) is 11.3. The molecule has 2 aromatic rings. The number of para-hydroxylation sites is 1. The van der Waals surface area contributed by atoms with E-state index >= 15 is 0 Å². The molecular formula is C18H24N4O. The zero-order valence-electron chi connectivity index (χ0n) is 14.0. The van der Waals surface area contributed by atoms with E-state index in [1.54, 1.807) is 24.9 Å². The molecule has 0 spiro atoms. The molecule has 1 aromatic heterocycles. The van der Waals surface area contributed by atoms with E-state index in [1.807, 2.05) is 30.3 Å². The van der Waals surface area contributed by atoms with Crippen molar-refractivity contribution in [1.82, 2.24) is 9.97 Å². The molecule has 0 aliphatic heterocycles. The molecular weight excluding hydrogens is 288 g/mol. The third kappa shape index (κ3) is 4.77. The number of aryl methyl sites for hydroxylation is 1. The van der Waals surface area contributed by atoms with Crippen LogP contribution in [0, 0.1) is 6.92 Å². The Balaban J connectivity index is 2.12. The Morgan fingerprint density at radius 2 is 1.91 bits per heavy atom. The van der Waals surface area contributed by atoms with Gasteiger partial charge >= 0.3 is 0 Å². The summed E-state index contributed by atoms with van der Waals surface area (Å²) < 4.78 is 0. The highest BCUT2D eigenvalue weighted by Gasteiger charge is 2.16. The molecule has 5 nitrogen and oxygen atoms in total. The molecule has 0 atom stereocenters. The van der Waals surface area contributed by atoms with Crippen molar-refractivity contribution in [2.75, 3.05) is 23.8 Å². The Morgan fingerprint density at radius 1 is 1.17 bits per heavy atom. The maximum Gasteiger partial charge on any atom is 0.276 e. The van der Waals surface area contributed by atoms with Crippen molar-refractivity contribution in [3.8, 4) is 0 Å². The number of aromatic nitrogens is 2. The van der Waals surface area contributed by atoms with Crippen LogP contribution >= 0.6 is 0 Å². The van der Waals surface area contributed by atoms with Crippen molar-refractivity contribution in [2.45, 2.75) is 33.1 Å². The smallest absolute Gasteiger partial charge is 0.276 e. The summed E-state index contributed by atoms with van der Waals surface area (Å²) in [5.41, 5.74) is 1.24. The van der Waals surface area contributed by atoms with Gasteiger partial charge in [0.2, 0.25) is 0 Å². The molecule has 23 heavy (non-hydrogen) atoms. The molecule has 0 fully saturated rings. The maximum absolute atomic E-state index is 12.6. The van der Waals surface area contributed by atoms with Gasteiger partial charge in [-0.25, -0.2) is 9.97 Å². The predicted molar refractivity (Wildman–Crippen MR) is 94.0 cm³/mol. The third-order valence-corrected chi connectivity index (χ3v) is 3.59. The van der Waals surface area contributed by atoms with Gasteiger partial charge in [-0.15, -0.1) is 0 Å². The van der Waals surface area contributed by atoms with Crippen LogP contribution < -0.4 is 10.2 Å². The van der Waals surface area contributed by atoms with Crippen molar-refractivity contribution in [2.24, 2.45) is 0 Å². The second kappa shape index (κ2) is 8.27. The molecule has 0 aliphatic rings. The maximum atomic E-state index is 12.6. The normalized spacial score (nSPS) is 10.4. The van der Waals surface area contributed by atoms with Crippen LogP contribution in [0.15, 0.2) is 36.4 Å². The van der Waals surface area contributed by atoms with E-state index < -0.39 is 0 Å². The summed E-state index contributed by atoms with van der Waals surface area (Å²) in [6.45, 7) is 4.83. The number of nitrogens with one attached hydrogen (secondary N) is 1. The monoisotopic (exact) mass is 312 g/mol. The molecule has 1 heterocycles. The highest BCUT2D eigenvalue weighted by molar-refractivity contribution is 6.04. The van der Waals surface area contributed by atoms with Gasteiger partial charge in [0, 0.05) is 25.3 Å². The highest BCUT2D eigenvalue weighted by atomic mass is 16.2. The van der Waals surface area contributed by atoms with Gasteiger partial charge in [-0.2, -0.15) is 0 Å². The average molecular weight is 312 g/mol. The number of hydrogen-bond donors (Lipinski definition) is 1. The lowest BCUT2D eigenvalue weighted by molar-refractivity contribution is 0.0988. The van der Waals surface area contributed by atoms with Crippen molar-refractivity contribution in [1.29, 1.82) is 0 Å². The first-order chi connectivity index (χ1) is 11.1. The molecule has 0 aliphatic carbocycles. The van der Waals surface area contributed by atoms with E-state index in [0.29, 0.717) is 17.3 Å². The largest absolute Gasteiger partial charge is 0.370 e.